The van der Waals surface area contributed by atoms with E-state index >= 15 is 0 Å². The highest BCUT2D eigenvalue weighted by Crippen LogP contribution is 2.13. The standard InChI is InChI=1S/C15H16ClN5/c1-2-3-15-17-8-9-20(15)10-13-11-21(19-18-13)14-6-4-12(16)5-7-14/h4-9,11H,2-3,10H2,1H3. The van der Waals surface area contributed by atoms with Crippen LogP contribution in [0.4, 0.5) is 0 Å². The predicted molar refractivity (Wildman–Crippen MR) is 81.7 cm³/mol. The molecule has 6 heteroatoms. The van der Waals surface area contributed by atoms with Crippen molar-refractivity contribution >= 4 is 11.6 Å². The summed E-state index contributed by atoms with van der Waals surface area (Å²) in [4.78, 5) is 4.37. The molecule has 0 radical (unpaired) electrons. The summed E-state index contributed by atoms with van der Waals surface area (Å²) in [7, 11) is 0. The van der Waals surface area contributed by atoms with E-state index in [-0.39, 0.29) is 0 Å². The van der Waals surface area contributed by atoms with Crippen LogP contribution in [0.2, 0.25) is 5.02 Å². The van der Waals surface area contributed by atoms with Gasteiger partial charge in [0.15, 0.2) is 0 Å². The van der Waals surface area contributed by atoms with Crippen molar-refractivity contribution in [3.63, 3.8) is 0 Å². The molecule has 108 valence electrons. The lowest BCUT2D eigenvalue weighted by atomic mass is 10.3. The van der Waals surface area contributed by atoms with Gasteiger partial charge in [-0.2, -0.15) is 0 Å². The van der Waals surface area contributed by atoms with Crippen LogP contribution in [0.25, 0.3) is 5.69 Å². The SMILES string of the molecule is CCCc1nccn1Cc1cn(-c2ccc(Cl)cc2)nn1. The molecule has 0 aliphatic heterocycles. The highest BCUT2D eigenvalue weighted by atomic mass is 35.5. The molecule has 0 N–H and O–H groups in total. The zero-order valence-electron chi connectivity index (χ0n) is 11.8. The van der Waals surface area contributed by atoms with Crippen molar-refractivity contribution in [2.24, 2.45) is 0 Å². The van der Waals surface area contributed by atoms with E-state index in [0.717, 1.165) is 30.0 Å². The van der Waals surface area contributed by atoms with E-state index in [9.17, 15) is 0 Å². The molecule has 3 aromatic rings. The first kappa shape index (κ1) is 13.8. The van der Waals surface area contributed by atoms with Gasteiger partial charge < -0.3 is 4.57 Å². The normalized spacial score (nSPS) is 11.0. The maximum atomic E-state index is 5.89. The number of hydrogen-bond donors (Lipinski definition) is 0. The molecule has 0 atom stereocenters. The van der Waals surface area contributed by atoms with Gasteiger partial charge in [-0.3, -0.25) is 0 Å². The second-order valence-corrected chi connectivity index (χ2v) is 5.29. The van der Waals surface area contributed by atoms with Crippen LogP contribution >= 0.6 is 11.6 Å². The topological polar surface area (TPSA) is 48.5 Å². The number of aromatic nitrogens is 5. The second kappa shape index (κ2) is 6.10. The first-order valence-corrected chi connectivity index (χ1v) is 7.31. The molecule has 1 aromatic carbocycles. The summed E-state index contributed by atoms with van der Waals surface area (Å²) in [5.74, 6) is 1.08. The van der Waals surface area contributed by atoms with E-state index in [1.807, 2.05) is 42.9 Å². The Hall–Kier alpha value is -2.14. The van der Waals surface area contributed by atoms with Crippen LogP contribution in [0.5, 0.6) is 0 Å². The maximum absolute atomic E-state index is 5.89. The number of imidazole rings is 1. The van der Waals surface area contributed by atoms with Crippen LogP contribution in [0.1, 0.15) is 24.9 Å². The van der Waals surface area contributed by atoms with Gasteiger partial charge in [-0.05, 0) is 30.7 Å². The number of benzene rings is 1. The van der Waals surface area contributed by atoms with Gasteiger partial charge in [0.1, 0.15) is 11.5 Å². The Balaban J connectivity index is 1.78. The van der Waals surface area contributed by atoms with Crippen molar-refractivity contribution in [1.29, 1.82) is 0 Å². The first-order valence-electron chi connectivity index (χ1n) is 6.93. The average Bonchev–Trinajstić information content (AvgIpc) is 3.11. The smallest absolute Gasteiger partial charge is 0.108 e. The van der Waals surface area contributed by atoms with Gasteiger partial charge in [-0.25, -0.2) is 9.67 Å². The molecular formula is C15H16ClN5. The number of aryl methyl sites for hydroxylation is 1. The molecule has 5 nitrogen and oxygen atoms in total. The zero-order valence-corrected chi connectivity index (χ0v) is 12.5. The minimum absolute atomic E-state index is 0.683. The van der Waals surface area contributed by atoms with Gasteiger partial charge in [-0.1, -0.05) is 23.7 Å². The summed E-state index contributed by atoms with van der Waals surface area (Å²) in [6, 6.07) is 7.52. The van der Waals surface area contributed by atoms with E-state index in [2.05, 4.69) is 26.8 Å². The summed E-state index contributed by atoms with van der Waals surface area (Å²) in [6.45, 7) is 2.83. The van der Waals surface area contributed by atoms with Gasteiger partial charge in [0, 0.05) is 23.8 Å². The van der Waals surface area contributed by atoms with Gasteiger partial charge in [0.25, 0.3) is 0 Å². The predicted octanol–water partition coefficient (Wildman–Crippen LogP) is 3.12. The molecule has 0 unspecified atom stereocenters. The molecule has 0 bridgehead atoms. The second-order valence-electron chi connectivity index (χ2n) is 4.85. The van der Waals surface area contributed by atoms with Gasteiger partial charge in [0.05, 0.1) is 18.4 Å². The number of nitrogens with zero attached hydrogens (tertiary/aromatic N) is 5. The summed E-state index contributed by atoms with van der Waals surface area (Å²) in [6.07, 6.45) is 7.78. The van der Waals surface area contributed by atoms with Crippen LogP contribution in [0, 0.1) is 0 Å². The molecule has 2 aromatic heterocycles. The van der Waals surface area contributed by atoms with Crippen LogP contribution in [0.15, 0.2) is 42.9 Å². The van der Waals surface area contributed by atoms with Crippen molar-refractivity contribution in [2.75, 3.05) is 0 Å². The Bertz CT molecular complexity index is 714. The van der Waals surface area contributed by atoms with Crippen LogP contribution < -0.4 is 0 Å². The Kier molecular flexibility index (Phi) is 4.01. The molecule has 0 spiro atoms. The summed E-state index contributed by atoms with van der Waals surface area (Å²) < 4.78 is 3.86. The van der Waals surface area contributed by atoms with Crippen LogP contribution in [-0.4, -0.2) is 24.5 Å². The summed E-state index contributed by atoms with van der Waals surface area (Å²) in [5.41, 5.74) is 1.85. The first-order chi connectivity index (χ1) is 10.3. The van der Waals surface area contributed by atoms with E-state index < -0.39 is 0 Å². The average molecular weight is 302 g/mol. The van der Waals surface area contributed by atoms with Crippen molar-refractivity contribution < 1.29 is 0 Å². The van der Waals surface area contributed by atoms with Crippen molar-refractivity contribution in [2.45, 2.75) is 26.3 Å². The highest BCUT2D eigenvalue weighted by molar-refractivity contribution is 6.30. The van der Waals surface area contributed by atoms with Gasteiger partial charge in [0.2, 0.25) is 0 Å². The number of halogens is 1. The van der Waals surface area contributed by atoms with Gasteiger partial charge >= 0.3 is 0 Å². The molecular weight excluding hydrogens is 286 g/mol. The molecule has 0 fully saturated rings. The zero-order chi connectivity index (χ0) is 14.7. The molecule has 0 amide bonds. The fourth-order valence-electron chi connectivity index (χ4n) is 2.20. The molecule has 0 saturated heterocycles. The molecule has 0 aliphatic rings. The van der Waals surface area contributed by atoms with Crippen molar-refractivity contribution in [1.82, 2.24) is 24.5 Å². The number of rotatable bonds is 5. The molecule has 2 heterocycles. The highest BCUT2D eigenvalue weighted by Gasteiger charge is 2.07. The van der Waals surface area contributed by atoms with Crippen LogP contribution in [-0.2, 0) is 13.0 Å². The largest absolute Gasteiger partial charge is 0.329 e. The minimum atomic E-state index is 0.683. The summed E-state index contributed by atoms with van der Waals surface area (Å²) >= 11 is 5.89. The van der Waals surface area contributed by atoms with Gasteiger partial charge in [-0.15, -0.1) is 5.10 Å². The molecule has 0 saturated carbocycles. The number of hydrogen-bond acceptors (Lipinski definition) is 3. The lowest BCUT2D eigenvalue weighted by Crippen LogP contribution is -2.04. The molecule has 0 aliphatic carbocycles. The van der Waals surface area contributed by atoms with Crippen LogP contribution in [0.3, 0.4) is 0 Å². The third kappa shape index (κ3) is 3.13. The fraction of sp³-hybridized carbons (Fsp3) is 0.267. The Morgan fingerprint density at radius 3 is 2.76 bits per heavy atom. The fourth-order valence-corrected chi connectivity index (χ4v) is 2.33. The van der Waals surface area contributed by atoms with Crippen molar-refractivity contribution in [3.8, 4) is 5.69 Å². The Morgan fingerprint density at radius 1 is 1.19 bits per heavy atom. The van der Waals surface area contributed by atoms with Crippen molar-refractivity contribution in [3.05, 3.63) is 59.4 Å². The van der Waals surface area contributed by atoms with E-state index in [4.69, 9.17) is 11.6 Å². The monoisotopic (exact) mass is 301 g/mol. The molecule has 3 rings (SSSR count). The van der Waals surface area contributed by atoms with E-state index in [1.165, 1.54) is 0 Å². The Morgan fingerprint density at radius 2 is 2.00 bits per heavy atom. The molecule has 21 heavy (non-hydrogen) atoms. The lowest BCUT2D eigenvalue weighted by Gasteiger charge is -2.04. The maximum Gasteiger partial charge on any atom is 0.108 e. The third-order valence-electron chi connectivity index (χ3n) is 3.24. The lowest BCUT2D eigenvalue weighted by molar-refractivity contribution is 0.690. The Labute approximate surface area is 128 Å². The van der Waals surface area contributed by atoms with E-state index in [1.54, 1.807) is 4.68 Å². The van der Waals surface area contributed by atoms with E-state index in [0.29, 0.717) is 11.6 Å². The minimum Gasteiger partial charge on any atom is -0.329 e. The summed E-state index contributed by atoms with van der Waals surface area (Å²) in [5, 5.41) is 9.09. The quantitative estimate of drug-likeness (QED) is 0.727. The third-order valence-corrected chi connectivity index (χ3v) is 3.49.